The van der Waals surface area contributed by atoms with Crippen LogP contribution in [0.2, 0.25) is 0 Å². The van der Waals surface area contributed by atoms with E-state index in [-0.39, 0.29) is 54.0 Å². The molecule has 6 rings (SSSR count). The number of unbranched alkanes of at least 4 members (excludes halogenated alkanes) is 1. The van der Waals surface area contributed by atoms with Gasteiger partial charge in [-0.2, -0.15) is 0 Å². The number of cyclic esters (lactones) is 1. The van der Waals surface area contributed by atoms with E-state index in [1.807, 2.05) is 0 Å². The summed E-state index contributed by atoms with van der Waals surface area (Å²) in [6.45, 7) is 3.94. The lowest BCUT2D eigenvalue weighted by Crippen LogP contribution is -2.44. The predicted octanol–water partition coefficient (Wildman–Crippen LogP) is 3.10. The van der Waals surface area contributed by atoms with Gasteiger partial charge in [-0.3, -0.25) is 9.59 Å². The first kappa shape index (κ1) is 26.6. The summed E-state index contributed by atoms with van der Waals surface area (Å²) >= 11 is 0. The van der Waals surface area contributed by atoms with Crippen molar-refractivity contribution in [2.45, 2.75) is 77.2 Å². The standard InChI is InChI=1S/C30H33FN4O5/c1-4-30(39)19-11-23-27-17(13-35(23)28(37)18(19)14-40-29(30)38)26-22(34(3)24(36)7-5-6-10-32)9-8-16-15(2)20(31)12-21(33-27)25(16)26/h11-12,22,39H,4-10,13-14,32H2,1-3H3/t22-,30-/m0/s1. The Morgan fingerprint density at radius 2 is 2.05 bits per heavy atom. The number of aromatic nitrogens is 2. The van der Waals surface area contributed by atoms with Crippen molar-refractivity contribution in [3.05, 3.63) is 61.7 Å². The van der Waals surface area contributed by atoms with E-state index < -0.39 is 11.6 Å². The number of aliphatic hydroxyl groups is 1. The van der Waals surface area contributed by atoms with Crippen LogP contribution in [0.1, 0.15) is 78.5 Å². The van der Waals surface area contributed by atoms with Gasteiger partial charge in [0.05, 0.1) is 35.1 Å². The molecule has 4 heterocycles. The highest BCUT2D eigenvalue weighted by Gasteiger charge is 2.46. The first-order valence-electron chi connectivity index (χ1n) is 13.9. The minimum atomic E-state index is -1.94. The number of aryl methyl sites for hydroxylation is 1. The molecule has 10 heteroatoms. The Balaban J connectivity index is 1.58. The highest BCUT2D eigenvalue weighted by Crippen LogP contribution is 2.47. The molecule has 2 aromatic heterocycles. The van der Waals surface area contributed by atoms with Crippen LogP contribution >= 0.6 is 0 Å². The van der Waals surface area contributed by atoms with Crippen LogP contribution in [0.3, 0.4) is 0 Å². The first-order chi connectivity index (χ1) is 19.1. The number of rotatable bonds is 6. The average Bonchev–Trinajstić information content (AvgIpc) is 3.32. The number of benzene rings is 1. The van der Waals surface area contributed by atoms with Crippen LogP contribution < -0.4 is 11.3 Å². The van der Waals surface area contributed by atoms with Gasteiger partial charge in [-0.25, -0.2) is 14.2 Å². The number of nitrogens with zero attached hydrogens (tertiary/aromatic N) is 3. The Labute approximate surface area is 230 Å². The fraction of sp³-hybridized carbons (Fsp3) is 0.467. The number of esters is 1. The molecule has 3 aliphatic rings. The van der Waals surface area contributed by atoms with Gasteiger partial charge in [-0.1, -0.05) is 6.92 Å². The molecule has 0 radical (unpaired) electrons. The summed E-state index contributed by atoms with van der Waals surface area (Å²) in [6.07, 6.45) is 3.10. The van der Waals surface area contributed by atoms with Crippen molar-refractivity contribution in [2.24, 2.45) is 5.73 Å². The highest BCUT2D eigenvalue weighted by atomic mass is 19.1. The number of amides is 1. The molecule has 0 unspecified atom stereocenters. The molecule has 0 fully saturated rings. The van der Waals surface area contributed by atoms with Gasteiger partial charge in [0.25, 0.3) is 5.56 Å². The van der Waals surface area contributed by atoms with Gasteiger partial charge in [-0.05, 0) is 68.3 Å². The van der Waals surface area contributed by atoms with E-state index in [4.69, 9.17) is 15.5 Å². The van der Waals surface area contributed by atoms with Gasteiger partial charge in [0.15, 0.2) is 5.60 Å². The Bertz CT molecular complexity index is 1660. The molecule has 210 valence electrons. The third-order valence-electron chi connectivity index (χ3n) is 9.05. The highest BCUT2D eigenvalue weighted by molar-refractivity contribution is 5.94. The molecule has 3 aromatic rings. The third kappa shape index (κ3) is 3.65. The van der Waals surface area contributed by atoms with Crippen LogP contribution in [0.4, 0.5) is 4.39 Å². The number of pyridine rings is 2. The lowest BCUT2D eigenvalue weighted by Gasteiger charge is -2.35. The molecule has 0 bridgehead atoms. The van der Waals surface area contributed by atoms with Gasteiger partial charge >= 0.3 is 5.97 Å². The lowest BCUT2D eigenvalue weighted by molar-refractivity contribution is -0.172. The summed E-state index contributed by atoms with van der Waals surface area (Å²) in [6, 6.07) is 2.80. The van der Waals surface area contributed by atoms with Crippen molar-refractivity contribution >= 4 is 22.8 Å². The lowest BCUT2D eigenvalue weighted by atomic mass is 9.81. The van der Waals surface area contributed by atoms with Crippen LogP contribution in [-0.2, 0) is 39.5 Å². The van der Waals surface area contributed by atoms with Crippen LogP contribution in [0.5, 0.6) is 0 Å². The number of nitrogens with two attached hydrogens (primary N) is 1. The molecule has 9 nitrogen and oxygen atoms in total. The summed E-state index contributed by atoms with van der Waals surface area (Å²) in [7, 11) is 1.80. The maximum Gasteiger partial charge on any atom is 0.343 e. The van der Waals surface area contributed by atoms with E-state index in [2.05, 4.69) is 0 Å². The third-order valence-corrected chi connectivity index (χ3v) is 9.05. The first-order valence-corrected chi connectivity index (χ1v) is 13.9. The molecule has 0 spiro atoms. The Hall–Kier alpha value is -3.63. The quantitative estimate of drug-likeness (QED) is 0.280. The van der Waals surface area contributed by atoms with Gasteiger partial charge < -0.3 is 25.0 Å². The van der Waals surface area contributed by atoms with Crippen molar-refractivity contribution in [1.82, 2.24) is 14.5 Å². The molecular weight excluding hydrogens is 515 g/mol. The summed E-state index contributed by atoms with van der Waals surface area (Å²) < 4.78 is 21.9. The number of carbonyl (C=O) groups is 2. The molecule has 0 saturated carbocycles. The second kappa shape index (κ2) is 9.49. The smallest absolute Gasteiger partial charge is 0.343 e. The fourth-order valence-electron chi connectivity index (χ4n) is 6.69. The number of hydrogen-bond acceptors (Lipinski definition) is 7. The van der Waals surface area contributed by atoms with Gasteiger partial charge in [0.2, 0.25) is 5.91 Å². The van der Waals surface area contributed by atoms with Crippen LogP contribution in [0.15, 0.2) is 16.9 Å². The molecule has 1 amide bonds. The van der Waals surface area contributed by atoms with Gasteiger partial charge in [-0.15, -0.1) is 0 Å². The zero-order valence-corrected chi connectivity index (χ0v) is 23.0. The number of halogens is 1. The molecule has 40 heavy (non-hydrogen) atoms. The van der Waals surface area contributed by atoms with E-state index in [9.17, 15) is 19.5 Å². The number of fused-ring (bicyclic) bond motifs is 5. The normalized spacial score (nSPS) is 20.6. The van der Waals surface area contributed by atoms with Crippen molar-refractivity contribution in [2.75, 3.05) is 13.6 Å². The predicted molar refractivity (Wildman–Crippen MR) is 146 cm³/mol. The van der Waals surface area contributed by atoms with Gasteiger partial charge in [0, 0.05) is 36.0 Å². The topological polar surface area (TPSA) is 128 Å². The number of ether oxygens (including phenoxy) is 1. The molecule has 1 aliphatic carbocycles. The number of hydrogen-bond donors (Lipinski definition) is 2. The monoisotopic (exact) mass is 548 g/mol. The van der Waals surface area contributed by atoms with E-state index >= 15 is 4.39 Å². The minimum absolute atomic E-state index is 0.00580. The van der Waals surface area contributed by atoms with Gasteiger partial charge in [0.1, 0.15) is 12.4 Å². The average molecular weight is 549 g/mol. The largest absolute Gasteiger partial charge is 0.458 e. The molecule has 0 saturated heterocycles. The molecule has 3 N–H and O–H groups in total. The second-order valence-corrected chi connectivity index (χ2v) is 11.1. The van der Waals surface area contributed by atoms with Crippen LogP contribution in [0, 0.1) is 12.7 Å². The van der Waals surface area contributed by atoms with Crippen molar-refractivity contribution < 1.29 is 23.8 Å². The molecule has 2 atom stereocenters. The summed E-state index contributed by atoms with van der Waals surface area (Å²) in [4.78, 5) is 46.2. The van der Waals surface area contributed by atoms with Crippen LogP contribution in [0.25, 0.3) is 22.3 Å². The maximum absolute atomic E-state index is 15.1. The molecular formula is C30H33FN4O5. The molecule has 2 aliphatic heterocycles. The zero-order valence-electron chi connectivity index (χ0n) is 23.0. The Kier molecular flexibility index (Phi) is 6.30. The fourth-order valence-corrected chi connectivity index (χ4v) is 6.69. The SMILES string of the molecule is CC[C@@]1(O)C(=O)OCc2c1cc1n(c2=O)Cc2c-1nc1cc(F)c(C)c3c1c2[C@@H](N(C)C(=O)CCCCN)CC3. The van der Waals surface area contributed by atoms with E-state index in [1.54, 1.807) is 36.4 Å². The maximum atomic E-state index is 15.1. The second-order valence-electron chi connectivity index (χ2n) is 11.1. The summed E-state index contributed by atoms with van der Waals surface area (Å²) in [5.74, 6) is -1.13. The van der Waals surface area contributed by atoms with Crippen molar-refractivity contribution in [3.63, 3.8) is 0 Å². The van der Waals surface area contributed by atoms with E-state index in [0.29, 0.717) is 54.7 Å². The van der Waals surface area contributed by atoms with Crippen molar-refractivity contribution in [1.29, 1.82) is 0 Å². The number of carbonyl (C=O) groups excluding carboxylic acids is 2. The zero-order chi connectivity index (χ0) is 28.5. The van der Waals surface area contributed by atoms with E-state index in [0.717, 1.165) is 28.5 Å². The summed E-state index contributed by atoms with van der Waals surface area (Å²) in [5, 5.41) is 12.0. The van der Waals surface area contributed by atoms with E-state index in [1.165, 1.54) is 6.07 Å². The summed E-state index contributed by atoms with van der Waals surface area (Å²) in [5.41, 5.74) is 8.36. The molecule has 1 aromatic carbocycles. The minimum Gasteiger partial charge on any atom is -0.458 e. The Morgan fingerprint density at radius 1 is 1.27 bits per heavy atom. The Morgan fingerprint density at radius 3 is 2.77 bits per heavy atom. The van der Waals surface area contributed by atoms with Crippen LogP contribution in [-0.4, -0.2) is 45.0 Å². The van der Waals surface area contributed by atoms with Crippen molar-refractivity contribution in [3.8, 4) is 11.4 Å².